The predicted octanol–water partition coefficient (Wildman–Crippen LogP) is 3.72. The maximum Gasteiger partial charge on any atom is 0.0485 e. The van der Waals surface area contributed by atoms with Crippen LogP contribution >= 0.6 is 27.5 Å². The molecular weight excluding hydrogens is 312 g/mol. The summed E-state index contributed by atoms with van der Waals surface area (Å²) < 4.78 is 1.11. The average molecular weight is 332 g/mol. The third kappa shape index (κ3) is 3.01. The van der Waals surface area contributed by atoms with Crippen LogP contribution in [0.4, 0.5) is 5.69 Å². The van der Waals surface area contributed by atoms with Gasteiger partial charge in [-0.1, -0.05) is 28.9 Å². The standard InChI is InChI=1S/C14H20BrClN2/c1-3-17-6-7-18(10-11(17)2)13-5-4-12(9-16)14(15)8-13/h4-5,8,11H,3,6-7,9-10H2,1-2H3. The number of likely N-dealkylation sites (N-methyl/N-ethyl adjacent to an activating group) is 1. The van der Waals surface area contributed by atoms with E-state index in [1.165, 1.54) is 5.69 Å². The predicted molar refractivity (Wildman–Crippen MR) is 82.6 cm³/mol. The van der Waals surface area contributed by atoms with E-state index in [2.05, 4.69) is 57.8 Å². The minimum Gasteiger partial charge on any atom is -0.369 e. The average Bonchev–Trinajstić information content (AvgIpc) is 2.38. The lowest BCUT2D eigenvalue weighted by atomic mass is 10.1. The second kappa shape index (κ2) is 6.27. The lowest BCUT2D eigenvalue weighted by Crippen LogP contribution is -2.51. The zero-order valence-electron chi connectivity index (χ0n) is 11.0. The van der Waals surface area contributed by atoms with Gasteiger partial charge >= 0.3 is 0 Å². The van der Waals surface area contributed by atoms with Crippen molar-refractivity contribution in [1.82, 2.24) is 4.90 Å². The van der Waals surface area contributed by atoms with Gasteiger partial charge in [0.2, 0.25) is 0 Å². The first kappa shape index (κ1) is 14.2. The van der Waals surface area contributed by atoms with Crippen LogP contribution in [0.25, 0.3) is 0 Å². The molecule has 0 saturated carbocycles. The molecule has 100 valence electrons. The summed E-state index contributed by atoms with van der Waals surface area (Å²) in [6.07, 6.45) is 0. The van der Waals surface area contributed by atoms with E-state index in [4.69, 9.17) is 11.6 Å². The van der Waals surface area contributed by atoms with Crippen LogP contribution in [-0.2, 0) is 5.88 Å². The molecule has 1 unspecified atom stereocenters. The van der Waals surface area contributed by atoms with Gasteiger partial charge in [-0.2, -0.15) is 0 Å². The maximum absolute atomic E-state index is 5.88. The molecular formula is C14H20BrClN2. The lowest BCUT2D eigenvalue weighted by molar-refractivity contribution is 0.199. The Morgan fingerprint density at radius 1 is 1.39 bits per heavy atom. The minimum atomic E-state index is 0.556. The third-order valence-corrected chi connectivity index (χ3v) is 4.74. The Morgan fingerprint density at radius 3 is 2.72 bits per heavy atom. The summed E-state index contributed by atoms with van der Waals surface area (Å²) in [5.41, 5.74) is 2.44. The molecule has 1 atom stereocenters. The SMILES string of the molecule is CCN1CCN(c2ccc(CCl)c(Br)c2)CC1C. The van der Waals surface area contributed by atoms with E-state index in [9.17, 15) is 0 Å². The summed E-state index contributed by atoms with van der Waals surface area (Å²) in [7, 11) is 0. The van der Waals surface area contributed by atoms with Gasteiger partial charge in [-0.25, -0.2) is 0 Å². The Kier molecular flexibility index (Phi) is 4.93. The third-order valence-electron chi connectivity index (χ3n) is 3.72. The van der Waals surface area contributed by atoms with Crippen LogP contribution in [0.3, 0.4) is 0 Å². The molecule has 1 aliphatic rings. The highest BCUT2D eigenvalue weighted by atomic mass is 79.9. The summed E-state index contributed by atoms with van der Waals surface area (Å²) >= 11 is 9.47. The fourth-order valence-electron chi connectivity index (χ4n) is 2.54. The Labute approximate surface area is 123 Å². The van der Waals surface area contributed by atoms with Crippen molar-refractivity contribution >= 4 is 33.2 Å². The summed E-state index contributed by atoms with van der Waals surface area (Å²) in [5.74, 6) is 0.556. The summed E-state index contributed by atoms with van der Waals surface area (Å²) in [6, 6.07) is 7.10. The number of rotatable bonds is 3. The van der Waals surface area contributed by atoms with Gasteiger partial charge in [0.1, 0.15) is 0 Å². The zero-order chi connectivity index (χ0) is 13.1. The highest BCUT2D eigenvalue weighted by Gasteiger charge is 2.22. The molecule has 1 fully saturated rings. The molecule has 4 heteroatoms. The van der Waals surface area contributed by atoms with Crippen LogP contribution in [0.2, 0.25) is 0 Å². The van der Waals surface area contributed by atoms with Gasteiger partial charge in [-0.05, 0) is 31.2 Å². The molecule has 1 aliphatic heterocycles. The van der Waals surface area contributed by atoms with Crippen LogP contribution < -0.4 is 4.90 Å². The summed E-state index contributed by atoms with van der Waals surface area (Å²) in [5, 5.41) is 0. The molecule has 1 aromatic carbocycles. The van der Waals surface area contributed by atoms with E-state index in [1.807, 2.05) is 0 Å². The molecule has 1 heterocycles. The second-order valence-corrected chi connectivity index (χ2v) is 5.95. The molecule has 0 bridgehead atoms. The lowest BCUT2D eigenvalue weighted by Gasteiger charge is -2.40. The molecule has 0 spiro atoms. The first-order chi connectivity index (χ1) is 8.65. The summed E-state index contributed by atoms with van der Waals surface area (Å²) in [6.45, 7) is 9.03. The highest BCUT2D eigenvalue weighted by Crippen LogP contribution is 2.26. The Bertz CT molecular complexity index is 411. The number of hydrogen-bond donors (Lipinski definition) is 0. The highest BCUT2D eigenvalue weighted by molar-refractivity contribution is 9.10. The second-order valence-electron chi connectivity index (χ2n) is 4.83. The van der Waals surface area contributed by atoms with Gasteiger partial charge in [0.05, 0.1) is 0 Å². The fraction of sp³-hybridized carbons (Fsp3) is 0.571. The van der Waals surface area contributed by atoms with Gasteiger partial charge in [0.25, 0.3) is 0 Å². The number of hydrogen-bond acceptors (Lipinski definition) is 2. The number of alkyl halides is 1. The van der Waals surface area contributed by atoms with Crippen molar-refractivity contribution in [2.24, 2.45) is 0 Å². The first-order valence-corrected chi connectivity index (χ1v) is 7.81. The van der Waals surface area contributed by atoms with Crippen molar-refractivity contribution in [1.29, 1.82) is 0 Å². The maximum atomic E-state index is 5.88. The van der Waals surface area contributed by atoms with Crippen LogP contribution in [0.1, 0.15) is 19.4 Å². The number of piperazine rings is 1. The van der Waals surface area contributed by atoms with Crippen LogP contribution in [0.5, 0.6) is 0 Å². The Hall–Kier alpha value is -0.250. The molecule has 2 nitrogen and oxygen atoms in total. The molecule has 0 radical (unpaired) electrons. The number of benzene rings is 1. The normalized spacial score (nSPS) is 21.3. The van der Waals surface area contributed by atoms with Crippen molar-refractivity contribution in [3.05, 3.63) is 28.2 Å². The smallest absolute Gasteiger partial charge is 0.0485 e. The van der Waals surface area contributed by atoms with Gasteiger partial charge in [0, 0.05) is 41.7 Å². The fourth-order valence-corrected chi connectivity index (χ4v) is 3.44. The van der Waals surface area contributed by atoms with Gasteiger partial charge in [0.15, 0.2) is 0 Å². The zero-order valence-corrected chi connectivity index (χ0v) is 13.3. The minimum absolute atomic E-state index is 0.556. The molecule has 0 amide bonds. The van der Waals surface area contributed by atoms with Crippen LogP contribution in [-0.4, -0.2) is 37.1 Å². The van der Waals surface area contributed by atoms with Crippen molar-refractivity contribution in [2.45, 2.75) is 25.8 Å². The van der Waals surface area contributed by atoms with Crippen molar-refractivity contribution < 1.29 is 0 Å². The van der Waals surface area contributed by atoms with E-state index >= 15 is 0 Å². The van der Waals surface area contributed by atoms with Crippen molar-refractivity contribution in [3.8, 4) is 0 Å². The topological polar surface area (TPSA) is 6.48 Å². The quantitative estimate of drug-likeness (QED) is 0.779. The van der Waals surface area contributed by atoms with Gasteiger partial charge < -0.3 is 4.90 Å². The Balaban J connectivity index is 2.11. The van der Waals surface area contributed by atoms with Gasteiger partial charge in [-0.3, -0.25) is 4.90 Å². The number of nitrogens with zero attached hydrogens (tertiary/aromatic N) is 2. The molecule has 18 heavy (non-hydrogen) atoms. The summed E-state index contributed by atoms with van der Waals surface area (Å²) in [4.78, 5) is 4.98. The molecule has 0 aromatic heterocycles. The van der Waals surface area contributed by atoms with Gasteiger partial charge in [-0.15, -0.1) is 11.6 Å². The van der Waals surface area contributed by atoms with Crippen molar-refractivity contribution in [3.63, 3.8) is 0 Å². The van der Waals surface area contributed by atoms with Crippen molar-refractivity contribution in [2.75, 3.05) is 31.1 Å². The van der Waals surface area contributed by atoms with Crippen LogP contribution in [0, 0.1) is 0 Å². The van der Waals surface area contributed by atoms with E-state index < -0.39 is 0 Å². The van der Waals surface area contributed by atoms with E-state index in [0.29, 0.717) is 11.9 Å². The first-order valence-electron chi connectivity index (χ1n) is 6.49. The molecule has 2 rings (SSSR count). The van der Waals surface area contributed by atoms with E-state index in [0.717, 1.165) is 36.2 Å². The van der Waals surface area contributed by atoms with Crippen LogP contribution in [0.15, 0.2) is 22.7 Å². The monoisotopic (exact) mass is 330 g/mol. The molecule has 0 N–H and O–H groups in total. The van der Waals surface area contributed by atoms with E-state index in [-0.39, 0.29) is 0 Å². The molecule has 0 aliphatic carbocycles. The largest absolute Gasteiger partial charge is 0.369 e. The Morgan fingerprint density at radius 2 is 2.17 bits per heavy atom. The number of halogens is 2. The number of anilines is 1. The molecule has 1 saturated heterocycles. The van der Waals surface area contributed by atoms with E-state index in [1.54, 1.807) is 0 Å². The molecule has 1 aromatic rings.